The number of carbonyl (C=O) groups excluding carboxylic acids is 1. The van der Waals surface area contributed by atoms with Gasteiger partial charge in [0.2, 0.25) is 0 Å². The van der Waals surface area contributed by atoms with Gasteiger partial charge in [0, 0.05) is 32.7 Å². The highest BCUT2D eigenvalue weighted by Crippen LogP contribution is 2.38. The molecule has 0 aromatic heterocycles. The van der Waals surface area contributed by atoms with Gasteiger partial charge in [-0.05, 0) is 55.8 Å². The molecule has 1 aliphatic rings. The van der Waals surface area contributed by atoms with E-state index in [1.54, 1.807) is 12.0 Å². The minimum Gasteiger partial charge on any atom is -0.445 e. The van der Waals surface area contributed by atoms with E-state index < -0.39 is 20.5 Å². The predicted molar refractivity (Wildman–Crippen MR) is 141 cm³/mol. The molecule has 1 saturated carbocycles. The first-order valence-electron chi connectivity index (χ1n) is 12.9. The molecule has 1 aromatic carbocycles. The molecule has 0 radical (unpaired) electrons. The third-order valence-electron chi connectivity index (χ3n) is 7.63. The fourth-order valence-corrected chi connectivity index (χ4v) is 5.37. The number of methoxy groups -OCH3 is 1. The number of hydrogen-bond donors (Lipinski definition) is 1. The Kier molecular flexibility index (Phi) is 11.7. The summed E-state index contributed by atoms with van der Waals surface area (Å²) < 4.78 is 23.0. The minimum atomic E-state index is -1.83. The molecule has 2 rings (SSSR count). The van der Waals surface area contributed by atoms with E-state index in [0.29, 0.717) is 19.7 Å². The van der Waals surface area contributed by atoms with Crippen LogP contribution in [0.15, 0.2) is 30.3 Å². The van der Waals surface area contributed by atoms with E-state index in [1.807, 2.05) is 37.3 Å². The Balaban J connectivity index is 1.96. The normalized spacial score (nSPS) is 23.2. The second-order valence-electron chi connectivity index (χ2n) is 11.1. The number of ether oxygens (including phenoxy) is 3. The molecule has 1 aliphatic carbocycles. The van der Waals surface area contributed by atoms with E-state index in [0.717, 1.165) is 24.8 Å². The molecule has 1 amide bonds. The zero-order chi connectivity index (χ0) is 26.1. The summed E-state index contributed by atoms with van der Waals surface area (Å²) >= 11 is 0. The van der Waals surface area contributed by atoms with Gasteiger partial charge in [0.25, 0.3) is 0 Å². The Morgan fingerprint density at radius 3 is 2.40 bits per heavy atom. The first-order valence-corrected chi connectivity index (χ1v) is 15.8. The fraction of sp³-hybridized carbons (Fsp3) is 0.741. The Labute approximate surface area is 213 Å². The highest BCUT2D eigenvalue weighted by atomic mass is 28.4. The van der Waals surface area contributed by atoms with Crippen LogP contribution in [0.3, 0.4) is 0 Å². The van der Waals surface area contributed by atoms with E-state index in [2.05, 4.69) is 33.9 Å². The first kappa shape index (κ1) is 29.8. The highest BCUT2D eigenvalue weighted by Gasteiger charge is 2.41. The molecule has 0 saturated heterocycles. The molecule has 7 nitrogen and oxygen atoms in total. The van der Waals surface area contributed by atoms with Crippen molar-refractivity contribution in [2.75, 3.05) is 33.6 Å². The summed E-state index contributed by atoms with van der Waals surface area (Å²) in [4.78, 5) is 14.5. The van der Waals surface area contributed by atoms with E-state index in [-0.39, 0.29) is 36.4 Å². The lowest BCUT2D eigenvalue weighted by Crippen LogP contribution is -2.50. The summed E-state index contributed by atoms with van der Waals surface area (Å²) in [6.07, 6.45) is 1.14. The third-order valence-corrected chi connectivity index (χ3v) is 12.2. The van der Waals surface area contributed by atoms with Gasteiger partial charge in [0.05, 0.1) is 12.2 Å². The van der Waals surface area contributed by atoms with Gasteiger partial charge in [-0.25, -0.2) is 4.79 Å². The molecule has 4 atom stereocenters. The summed E-state index contributed by atoms with van der Waals surface area (Å²) in [5.41, 5.74) is 0.953. The highest BCUT2D eigenvalue weighted by molar-refractivity contribution is 6.74. The second kappa shape index (κ2) is 13.7. The number of benzene rings is 1. The topological polar surface area (TPSA) is 77.5 Å². The van der Waals surface area contributed by atoms with Crippen molar-refractivity contribution in [1.29, 1.82) is 0 Å². The summed E-state index contributed by atoms with van der Waals surface area (Å²) in [6, 6.07) is 9.66. The number of hydrogen-bond acceptors (Lipinski definition) is 6. The van der Waals surface area contributed by atoms with Crippen LogP contribution >= 0.6 is 0 Å². The maximum atomic E-state index is 12.8. The van der Waals surface area contributed by atoms with Gasteiger partial charge in [-0.15, -0.1) is 0 Å². The summed E-state index contributed by atoms with van der Waals surface area (Å²) in [5, 5.41) is 11.4. The van der Waals surface area contributed by atoms with Crippen molar-refractivity contribution in [3.8, 4) is 0 Å². The Hall–Kier alpha value is -1.45. The van der Waals surface area contributed by atoms with Gasteiger partial charge in [-0.3, -0.25) is 0 Å². The number of amides is 1. The lowest BCUT2D eigenvalue weighted by Gasteiger charge is -2.42. The lowest BCUT2D eigenvalue weighted by molar-refractivity contribution is -0.163. The summed E-state index contributed by atoms with van der Waals surface area (Å²) in [7, 11) is -0.248. The number of rotatable bonds is 12. The molecule has 0 spiro atoms. The molecule has 0 bridgehead atoms. The molecule has 0 aliphatic heterocycles. The van der Waals surface area contributed by atoms with Crippen molar-refractivity contribution in [1.82, 2.24) is 4.90 Å². The van der Waals surface area contributed by atoms with Gasteiger partial charge < -0.3 is 28.6 Å². The largest absolute Gasteiger partial charge is 0.445 e. The Bertz CT molecular complexity index is 754. The zero-order valence-electron chi connectivity index (χ0n) is 22.8. The molecule has 1 fully saturated rings. The minimum absolute atomic E-state index is 0.00179. The second-order valence-corrected chi connectivity index (χ2v) is 15.9. The molecule has 1 N–H and O–H groups in total. The van der Waals surface area contributed by atoms with Crippen molar-refractivity contribution >= 4 is 14.4 Å². The van der Waals surface area contributed by atoms with E-state index in [9.17, 15) is 9.90 Å². The van der Waals surface area contributed by atoms with Crippen molar-refractivity contribution in [2.45, 2.75) is 83.9 Å². The predicted octanol–water partition coefficient (Wildman–Crippen LogP) is 5.43. The number of nitrogens with zero attached hydrogens (tertiary/aromatic N) is 1. The van der Waals surface area contributed by atoms with Crippen LogP contribution in [0.5, 0.6) is 0 Å². The van der Waals surface area contributed by atoms with E-state index in [4.69, 9.17) is 18.6 Å². The Morgan fingerprint density at radius 2 is 1.80 bits per heavy atom. The first-order chi connectivity index (χ1) is 16.5. The van der Waals surface area contributed by atoms with Crippen molar-refractivity contribution in [2.24, 2.45) is 11.8 Å². The lowest BCUT2D eigenvalue weighted by atomic mass is 9.76. The van der Waals surface area contributed by atoms with Crippen LogP contribution in [0.1, 0.15) is 52.5 Å². The summed E-state index contributed by atoms with van der Waals surface area (Å²) in [6.45, 7) is 15.1. The van der Waals surface area contributed by atoms with Crippen molar-refractivity contribution in [3.05, 3.63) is 35.9 Å². The average Bonchev–Trinajstić information content (AvgIpc) is 2.81. The average molecular weight is 510 g/mol. The molecule has 35 heavy (non-hydrogen) atoms. The third kappa shape index (κ3) is 8.86. The SMILES string of the molecule is CCN(C[C@@H]1CC[C@@H](CCO[Si](C)(C)C(C)(C)C)[C@@H](O)[C@H]1OCOC)C(=O)OCc1ccccc1. The van der Waals surface area contributed by atoms with E-state index >= 15 is 0 Å². The molecule has 0 unspecified atom stereocenters. The van der Waals surface area contributed by atoms with Crippen LogP contribution in [0.25, 0.3) is 0 Å². The van der Waals surface area contributed by atoms with Crippen LogP contribution in [0.2, 0.25) is 18.1 Å². The van der Waals surface area contributed by atoms with Gasteiger partial charge in [0.15, 0.2) is 8.32 Å². The van der Waals surface area contributed by atoms with Gasteiger partial charge in [-0.2, -0.15) is 0 Å². The number of aliphatic hydroxyl groups excluding tert-OH is 1. The molecule has 0 heterocycles. The standard InChI is InChI=1S/C27H47NO6Si/c1-8-28(26(30)32-19-21-12-10-9-11-13-21)18-23-15-14-22(24(29)25(23)33-20-31-5)16-17-34-35(6,7)27(2,3)4/h9-13,22-25,29H,8,14-20H2,1-7H3/t22-,23-,24+,25-/m0/s1. The van der Waals surface area contributed by atoms with Crippen LogP contribution in [-0.4, -0.2) is 70.2 Å². The maximum absolute atomic E-state index is 12.8. The van der Waals surface area contributed by atoms with Crippen molar-refractivity contribution in [3.63, 3.8) is 0 Å². The van der Waals surface area contributed by atoms with E-state index in [1.165, 1.54) is 0 Å². The molecular formula is C27H47NO6Si. The van der Waals surface area contributed by atoms with Gasteiger partial charge >= 0.3 is 6.09 Å². The number of carbonyl (C=O) groups is 1. The maximum Gasteiger partial charge on any atom is 0.410 e. The van der Waals surface area contributed by atoms with Crippen LogP contribution in [0, 0.1) is 11.8 Å². The molecule has 1 aromatic rings. The summed E-state index contributed by atoms with van der Waals surface area (Å²) in [5.74, 6) is 0.0971. The zero-order valence-corrected chi connectivity index (χ0v) is 23.8. The fourth-order valence-electron chi connectivity index (χ4n) is 4.31. The quantitative estimate of drug-likeness (QED) is 0.299. The van der Waals surface area contributed by atoms with Crippen molar-refractivity contribution < 1.29 is 28.5 Å². The number of aliphatic hydroxyl groups is 1. The smallest absolute Gasteiger partial charge is 0.410 e. The monoisotopic (exact) mass is 509 g/mol. The van der Waals surface area contributed by atoms with Crippen LogP contribution in [0.4, 0.5) is 4.79 Å². The van der Waals surface area contributed by atoms with Gasteiger partial charge in [-0.1, -0.05) is 51.1 Å². The van der Waals surface area contributed by atoms with Gasteiger partial charge in [0.1, 0.15) is 13.4 Å². The van der Waals surface area contributed by atoms with Crippen LogP contribution < -0.4 is 0 Å². The molecular weight excluding hydrogens is 462 g/mol. The molecule has 200 valence electrons. The van der Waals surface area contributed by atoms with Crippen LogP contribution in [-0.2, 0) is 25.2 Å². The Morgan fingerprint density at radius 1 is 1.14 bits per heavy atom. The molecule has 8 heteroatoms.